The summed E-state index contributed by atoms with van der Waals surface area (Å²) >= 11 is 1.61. The zero-order chi connectivity index (χ0) is 17.8. The number of nitrogens with one attached hydrogen (secondary N) is 1. The summed E-state index contributed by atoms with van der Waals surface area (Å²) < 4.78 is 1.96. The maximum Gasteiger partial charge on any atom is 0.220 e. The number of aromatic nitrogens is 2. The van der Waals surface area contributed by atoms with Crippen LogP contribution in [0.5, 0.6) is 0 Å². The normalized spacial score (nSPS) is 11.0. The predicted octanol–water partition coefficient (Wildman–Crippen LogP) is 3.33. The first kappa shape index (κ1) is 17.4. The molecule has 6 heteroatoms. The SMILES string of the molecule is Cc1cc(C(=O)CCC(=O)NCCc2cn3ccccc3n2)c(C)s1. The van der Waals surface area contributed by atoms with E-state index >= 15 is 0 Å². The summed E-state index contributed by atoms with van der Waals surface area (Å²) in [5.74, 6) is -0.0564. The molecule has 25 heavy (non-hydrogen) atoms. The molecule has 0 saturated heterocycles. The molecule has 0 saturated carbocycles. The van der Waals surface area contributed by atoms with E-state index in [9.17, 15) is 9.59 Å². The zero-order valence-corrected chi connectivity index (χ0v) is 15.2. The molecule has 0 spiro atoms. The highest BCUT2D eigenvalue weighted by Crippen LogP contribution is 2.22. The minimum absolute atomic E-state index is 0.0392. The zero-order valence-electron chi connectivity index (χ0n) is 14.4. The molecule has 0 bridgehead atoms. The Kier molecular flexibility index (Phi) is 5.28. The first-order valence-corrected chi connectivity index (χ1v) is 9.14. The number of nitrogens with zero attached hydrogens (tertiary/aromatic N) is 2. The molecular formula is C19H21N3O2S. The quantitative estimate of drug-likeness (QED) is 0.661. The van der Waals surface area contributed by atoms with E-state index in [1.54, 1.807) is 11.3 Å². The minimum atomic E-state index is -0.0956. The molecular weight excluding hydrogens is 334 g/mol. The maximum atomic E-state index is 12.2. The fourth-order valence-corrected chi connectivity index (χ4v) is 3.74. The molecule has 0 aliphatic carbocycles. The first-order valence-electron chi connectivity index (χ1n) is 8.32. The Balaban J connectivity index is 1.43. The third-order valence-corrected chi connectivity index (χ3v) is 5.00. The molecule has 3 aromatic rings. The van der Waals surface area contributed by atoms with Crippen LogP contribution in [0.1, 0.15) is 38.6 Å². The molecule has 3 rings (SSSR count). The number of aryl methyl sites for hydroxylation is 2. The molecule has 0 aromatic carbocycles. The lowest BCUT2D eigenvalue weighted by Gasteiger charge is -2.04. The first-order chi connectivity index (χ1) is 12.0. The smallest absolute Gasteiger partial charge is 0.220 e. The van der Waals surface area contributed by atoms with Crippen molar-refractivity contribution in [1.82, 2.24) is 14.7 Å². The van der Waals surface area contributed by atoms with Crippen LogP contribution in [0.3, 0.4) is 0 Å². The molecule has 3 heterocycles. The predicted molar refractivity (Wildman–Crippen MR) is 99.3 cm³/mol. The molecule has 0 aliphatic heterocycles. The van der Waals surface area contributed by atoms with Gasteiger partial charge in [-0.1, -0.05) is 6.07 Å². The summed E-state index contributed by atoms with van der Waals surface area (Å²) in [6.45, 7) is 4.45. The second-order valence-electron chi connectivity index (χ2n) is 6.05. The van der Waals surface area contributed by atoms with Crippen molar-refractivity contribution in [3.05, 3.63) is 57.7 Å². The lowest BCUT2D eigenvalue weighted by molar-refractivity contribution is -0.121. The van der Waals surface area contributed by atoms with Gasteiger partial charge < -0.3 is 9.72 Å². The van der Waals surface area contributed by atoms with Gasteiger partial charge in [0, 0.05) is 53.5 Å². The van der Waals surface area contributed by atoms with Crippen molar-refractivity contribution in [2.45, 2.75) is 33.1 Å². The Morgan fingerprint density at radius 2 is 2.08 bits per heavy atom. The summed E-state index contributed by atoms with van der Waals surface area (Å²) in [7, 11) is 0. The number of carbonyl (C=O) groups is 2. The number of hydrogen-bond acceptors (Lipinski definition) is 4. The van der Waals surface area contributed by atoms with Gasteiger partial charge in [0.2, 0.25) is 5.91 Å². The van der Waals surface area contributed by atoms with Gasteiger partial charge in [-0.15, -0.1) is 11.3 Å². The monoisotopic (exact) mass is 355 g/mol. The van der Waals surface area contributed by atoms with Gasteiger partial charge in [-0.05, 0) is 32.0 Å². The molecule has 0 aliphatic rings. The van der Waals surface area contributed by atoms with Gasteiger partial charge in [-0.25, -0.2) is 4.98 Å². The molecule has 1 amide bonds. The third-order valence-electron chi connectivity index (χ3n) is 4.04. The fraction of sp³-hybridized carbons (Fsp3) is 0.316. The Hall–Kier alpha value is -2.47. The lowest BCUT2D eigenvalue weighted by atomic mass is 10.1. The van der Waals surface area contributed by atoms with Gasteiger partial charge in [0.1, 0.15) is 5.65 Å². The third kappa shape index (κ3) is 4.33. The van der Waals surface area contributed by atoms with Crippen LogP contribution in [0.15, 0.2) is 36.7 Å². The number of hydrogen-bond donors (Lipinski definition) is 1. The van der Waals surface area contributed by atoms with E-state index in [0.29, 0.717) is 13.0 Å². The molecule has 130 valence electrons. The Morgan fingerprint density at radius 3 is 2.80 bits per heavy atom. The van der Waals surface area contributed by atoms with Crippen LogP contribution in [0.25, 0.3) is 5.65 Å². The highest BCUT2D eigenvalue weighted by Gasteiger charge is 2.13. The number of thiophene rings is 1. The van der Waals surface area contributed by atoms with E-state index in [1.807, 2.05) is 54.9 Å². The van der Waals surface area contributed by atoms with Crippen molar-refractivity contribution in [3.63, 3.8) is 0 Å². The molecule has 1 N–H and O–H groups in total. The number of pyridine rings is 1. The molecule has 5 nitrogen and oxygen atoms in total. The molecule has 0 atom stereocenters. The summed E-state index contributed by atoms with van der Waals surface area (Å²) in [5.41, 5.74) is 2.59. The number of amides is 1. The van der Waals surface area contributed by atoms with Gasteiger partial charge in [0.25, 0.3) is 0 Å². The second kappa shape index (κ2) is 7.61. The maximum absolute atomic E-state index is 12.2. The van der Waals surface area contributed by atoms with Crippen LogP contribution >= 0.6 is 11.3 Å². The van der Waals surface area contributed by atoms with Crippen molar-refractivity contribution in [2.75, 3.05) is 6.54 Å². The van der Waals surface area contributed by atoms with E-state index in [4.69, 9.17) is 0 Å². The van der Waals surface area contributed by atoms with Gasteiger partial charge in [0.15, 0.2) is 5.78 Å². The van der Waals surface area contributed by atoms with E-state index in [1.165, 1.54) is 0 Å². The number of fused-ring (bicyclic) bond motifs is 1. The van der Waals surface area contributed by atoms with E-state index in [2.05, 4.69) is 10.3 Å². The van der Waals surface area contributed by atoms with Crippen molar-refractivity contribution in [1.29, 1.82) is 0 Å². The summed E-state index contributed by atoms with van der Waals surface area (Å²) in [4.78, 5) is 30.8. The van der Waals surface area contributed by atoms with Crippen LogP contribution < -0.4 is 5.32 Å². The average Bonchev–Trinajstić information content (AvgIpc) is 3.14. The van der Waals surface area contributed by atoms with Crippen LogP contribution in [0.2, 0.25) is 0 Å². The summed E-state index contributed by atoms with van der Waals surface area (Å²) in [6, 6.07) is 7.75. The number of imidazole rings is 1. The number of rotatable bonds is 7. The highest BCUT2D eigenvalue weighted by molar-refractivity contribution is 7.12. The van der Waals surface area contributed by atoms with Crippen LogP contribution in [-0.4, -0.2) is 27.6 Å². The van der Waals surface area contributed by atoms with Gasteiger partial charge >= 0.3 is 0 Å². The Morgan fingerprint density at radius 1 is 1.24 bits per heavy atom. The van der Waals surface area contributed by atoms with E-state index in [-0.39, 0.29) is 24.5 Å². The van der Waals surface area contributed by atoms with Gasteiger partial charge in [-0.3, -0.25) is 9.59 Å². The van der Waals surface area contributed by atoms with Gasteiger partial charge in [0.05, 0.1) is 5.69 Å². The average molecular weight is 355 g/mol. The minimum Gasteiger partial charge on any atom is -0.356 e. The van der Waals surface area contributed by atoms with Crippen molar-refractivity contribution in [3.8, 4) is 0 Å². The Labute approximate surface area is 150 Å². The van der Waals surface area contributed by atoms with Gasteiger partial charge in [-0.2, -0.15) is 0 Å². The van der Waals surface area contributed by atoms with Crippen LogP contribution in [0, 0.1) is 13.8 Å². The van der Waals surface area contributed by atoms with E-state index < -0.39 is 0 Å². The van der Waals surface area contributed by atoms with Crippen molar-refractivity contribution < 1.29 is 9.59 Å². The second-order valence-corrected chi connectivity index (χ2v) is 7.51. The molecule has 3 aromatic heterocycles. The standard InChI is InChI=1S/C19H21N3O2S/c1-13-11-16(14(2)25-13)17(23)6-7-19(24)20-9-8-15-12-22-10-4-3-5-18(22)21-15/h3-5,10-12H,6-9H2,1-2H3,(H,20,24). The lowest BCUT2D eigenvalue weighted by Crippen LogP contribution is -2.26. The van der Waals surface area contributed by atoms with E-state index in [0.717, 1.165) is 26.7 Å². The summed E-state index contributed by atoms with van der Waals surface area (Å²) in [6.07, 6.45) is 5.05. The van der Waals surface area contributed by atoms with Crippen molar-refractivity contribution >= 4 is 28.7 Å². The Bertz CT molecular complexity index is 877. The number of ketones is 1. The van der Waals surface area contributed by atoms with Crippen LogP contribution in [-0.2, 0) is 11.2 Å². The molecule has 0 radical (unpaired) electrons. The van der Waals surface area contributed by atoms with Crippen molar-refractivity contribution in [2.24, 2.45) is 0 Å². The molecule has 0 fully saturated rings. The highest BCUT2D eigenvalue weighted by atomic mass is 32.1. The summed E-state index contributed by atoms with van der Waals surface area (Å²) in [5, 5.41) is 2.86. The number of carbonyl (C=O) groups excluding carboxylic acids is 2. The topological polar surface area (TPSA) is 63.5 Å². The largest absolute Gasteiger partial charge is 0.356 e. The number of Topliss-reactive ketones (excluding diaryl/α,β-unsaturated/α-hetero) is 1. The fourth-order valence-electron chi connectivity index (χ4n) is 2.80. The molecule has 0 unspecified atom stereocenters. The van der Waals surface area contributed by atoms with Crippen LogP contribution in [0.4, 0.5) is 0 Å².